The standard InChI is InChI=1S/C10H18N2O3/c1-10(2,7-13)8(14)9(15)12(4)6-5-11-3/h8,13-14H,5-7H2,1-2,4H3/t8-/m0/s1. The highest BCUT2D eigenvalue weighted by atomic mass is 16.3. The molecule has 0 fully saturated rings. The Labute approximate surface area is 90.1 Å². The van der Waals surface area contributed by atoms with Crippen LogP contribution in [0.4, 0.5) is 0 Å². The molecule has 0 saturated heterocycles. The fraction of sp³-hybridized carbons (Fsp3) is 0.800. The molecule has 0 aromatic heterocycles. The van der Waals surface area contributed by atoms with Gasteiger partial charge in [-0.15, -0.1) is 0 Å². The van der Waals surface area contributed by atoms with Crippen molar-refractivity contribution < 1.29 is 15.0 Å². The van der Waals surface area contributed by atoms with Crippen LogP contribution in [-0.4, -0.2) is 53.9 Å². The maximum absolute atomic E-state index is 11.6. The number of carbonyl (C=O) groups excluding carboxylic acids is 1. The minimum absolute atomic E-state index is 0.217. The van der Waals surface area contributed by atoms with Gasteiger partial charge in [-0.2, -0.15) is 0 Å². The van der Waals surface area contributed by atoms with Gasteiger partial charge >= 0.3 is 0 Å². The largest absolute Gasteiger partial charge is 0.396 e. The molecule has 2 N–H and O–H groups in total. The SMILES string of the molecule is [C-]#[N+]CCN(C)C(=O)[C@H](O)C(C)(C)CO. The predicted molar refractivity (Wildman–Crippen MR) is 56.0 cm³/mol. The van der Waals surface area contributed by atoms with Gasteiger partial charge in [-0.05, 0) is 0 Å². The Morgan fingerprint density at radius 2 is 2.13 bits per heavy atom. The molecule has 0 aromatic rings. The average Bonchev–Trinajstić information content (AvgIpc) is 2.23. The highest BCUT2D eigenvalue weighted by Gasteiger charge is 2.34. The molecule has 0 spiro atoms. The van der Waals surface area contributed by atoms with Crippen LogP contribution in [-0.2, 0) is 4.79 Å². The van der Waals surface area contributed by atoms with E-state index in [4.69, 9.17) is 11.7 Å². The highest BCUT2D eigenvalue weighted by molar-refractivity contribution is 5.81. The molecule has 0 bridgehead atoms. The van der Waals surface area contributed by atoms with Gasteiger partial charge in [0, 0.05) is 12.5 Å². The minimum Gasteiger partial charge on any atom is -0.396 e. The molecule has 86 valence electrons. The van der Waals surface area contributed by atoms with Crippen LogP contribution in [0.3, 0.4) is 0 Å². The molecule has 0 aliphatic rings. The van der Waals surface area contributed by atoms with E-state index in [2.05, 4.69) is 4.85 Å². The van der Waals surface area contributed by atoms with Gasteiger partial charge < -0.3 is 20.0 Å². The molecule has 5 nitrogen and oxygen atoms in total. The van der Waals surface area contributed by atoms with Crippen molar-refractivity contribution in [3.63, 3.8) is 0 Å². The van der Waals surface area contributed by atoms with Crippen molar-refractivity contribution in [3.05, 3.63) is 11.4 Å². The number of aliphatic hydroxyl groups is 2. The van der Waals surface area contributed by atoms with E-state index in [0.717, 1.165) is 0 Å². The monoisotopic (exact) mass is 214 g/mol. The van der Waals surface area contributed by atoms with Crippen LogP contribution in [0.2, 0.25) is 0 Å². The Morgan fingerprint density at radius 1 is 1.60 bits per heavy atom. The molecule has 5 heteroatoms. The number of likely N-dealkylation sites (N-methyl/N-ethyl adjacent to an activating group) is 1. The molecular weight excluding hydrogens is 196 g/mol. The molecule has 0 rings (SSSR count). The van der Waals surface area contributed by atoms with Crippen LogP contribution in [0, 0.1) is 12.0 Å². The van der Waals surface area contributed by atoms with Crippen LogP contribution < -0.4 is 0 Å². The Kier molecular flexibility index (Phi) is 5.26. The second kappa shape index (κ2) is 5.69. The van der Waals surface area contributed by atoms with Crippen LogP contribution in [0.15, 0.2) is 0 Å². The quantitative estimate of drug-likeness (QED) is 0.620. The molecule has 0 radical (unpaired) electrons. The summed E-state index contributed by atoms with van der Waals surface area (Å²) in [6, 6.07) is 0. The summed E-state index contributed by atoms with van der Waals surface area (Å²) in [5.74, 6) is -0.460. The van der Waals surface area contributed by atoms with E-state index in [0.29, 0.717) is 6.54 Å². The van der Waals surface area contributed by atoms with E-state index >= 15 is 0 Å². The fourth-order valence-corrected chi connectivity index (χ4v) is 0.940. The lowest BCUT2D eigenvalue weighted by atomic mass is 9.87. The van der Waals surface area contributed by atoms with Crippen molar-refractivity contribution in [1.29, 1.82) is 0 Å². The zero-order chi connectivity index (χ0) is 12.1. The number of hydrogen-bond donors (Lipinski definition) is 2. The molecular formula is C10H18N2O3. The summed E-state index contributed by atoms with van der Waals surface area (Å²) >= 11 is 0. The first-order valence-corrected chi connectivity index (χ1v) is 4.74. The number of nitrogens with zero attached hydrogens (tertiary/aromatic N) is 2. The van der Waals surface area contributed by atoms with Gasteiger partial charge in [0.25, 0.3) is 5.91 Å². The first-order valence-electron chi connectivity index (χ1n) is 4.74. The number of hydrogen-bond acceptors (Lipinski definition) is 3. The van der Waals surface area contributed by atoms with E-state index in [1.807, 2.05) is 0 Å². The van der Waals surface area contributed by atoms with Crippen LogP contribution >= 0.6 is 0 Å². The molecule has 0 saturated carbocycles. The summed E-state index contributed by atoms with van der Waals surface area (Å²) in [6.45, 7) is 10.0. The first kappa shape index (κ1) is 13.9. The van der Waals surface area contributed by atoms with Crippen LogP contribution in [0.25, 0.3) is 4.85 Å². The third-order valence-corrected chi connectivity index (χ3v) is 2.31. The lowest BCUT2D eigenvalue weighted by molar-refractivity contribution is -0.146. The number of carbonyl (C=O) groups is 1. The zero-order valence-electron chi connectivity index (χ0n) is 9.40. The summed E-state index contributed by atoms with van der Waals surface area (Å²) in [4.78, 5) is 16.0. The predicted octanol–water partition coefficient (Wildman–Crippen LogP) is -0.257. The van der Waals surface area contributed by atoms with Gasteiger partial charge in [-0.25, -0.2) is 6.57 Å². The summed E-state index contributed by atoms with van der Waals surface area (Å²) in [6.07, 6.45) is -1.24. The van der Waals surface area contributed by atoms with Crippen molar-refractivity contribution in [2.24, 2.45) is 5.41 Å². The van der Waals surface area contributed by atoms with E-state index < -0.39 is 17.4 Å². The summed E-state index contributed by atoms with van der Waals surface area (Å²) in [7, 11) is 1.53. The van der Waals surface area contributed by atoms with Gasteiger partial charge in [0.1, 0.15) is 6.10 Å². The van der Waals surface area contributed by atoms with Gasteiger partial charge in [-0.3, -0.25) is 4.79 Å². The van der Waals surface area contributed by atoms with Crippen LogP contribution in [0.1, 0.15) is 13.8 Å². The molecule has 1 atom stereocenters. The molecule has 0 heterocycles. The smallest absolute Gasteiger partial charge is 0.252 e. The lowest BCUT2D eigenvalue weighted by Gasteiger charge is -2.29. The average molecular weight is 214 g/mol. The number of amides is 1. The minimum atomic E-state index is -1.24. The second-order valence-electron chi connectivity index (χ2n) is 4.19. The lowest BCUT2D eigenvalue weighted by Crippen LogP contribution is -2.46. The van der Waals surface area contributed by atoms with Gasteiger partial charge in [-0.1, -0.05) is 13.8 Å². The molecule has 1 amide bonds. The van der Waals surface area contributed by atoms with E-state index in [1.165, 1.54) is 11.9 Å². The van der Waals surface area contributed by atoms with Crippen molar-refractivity contribution in [2.75, 3.05) is 26.7 Å². The Morgan fingerprint density at radius 3 is 2.53 bits per heavy atom. The molecule has 0 aliphatic heterocycles. The van der Waals surface area contributed by atoms with Gasteiger partial charge in [0.05, 0.1) is 13.2 Å². The number of rotatable bonds is 5. The maximum atomic E-state index is 11.6. The summed E-state index contributed by atoms with van der Waals surface area (Å²) in [5, 5.41) is 18.7. The van der Waals surface area contributed by atoms with Crippen LogP contribution in [0.5, 0.6) is 0 Å². The zero-order valence-corrected chi connectivity index (χ0v) is 9.40. The van der Waals surface area contributed by atoms with Gasteiger partial charge in [0.2, 0.25) is 6.54 Å². The third kappa shape index (κ3) is 3.86. The Hall–Kier alpha value is -1.12. The Balaban J connectivity index is 4.38. The van der Waals surface area contributed by atoms with E-state index in [9.17, 15) is 9.90 Å². The van der Waals surface area contributed by atoms with E-state index in [1.54, 1.807) is 13.8 Å². The maximum Gasteiger partial charge on any atom is 0.252 e. The van der Waals surface area contributed by atoms with Crippen molar-refractivity contribution in [3.8, 4) is 0 Å². The first-order chi connectivity index (χ1) is 6.86. The van der Waals surface area contributed by atoms with Gasteiger partial charge in [0.15, 0.2) is 0 Å². The highest BCUT2D eigenvalue weighted by Crippen LogP contribution is 2.20. The molecule has 0 unspecified atom stereocenters. The summed E-state index contributed by atoms with van der Waals surface area (Å²) in [5.41, 5.74) is -0.858. The summed E-state index contributed by atoms with van der Waals surface area (Å²) < 4.78 is 0. The topological polar surface area (TPSA) is 65.1 Å². The third-order valence-electron chi connectivity index (χ3n) is 2.31. The number of aliphatic hydroxyl groups excluding tert-OH is 2. The molecule has 15 heavy (non-hydrogen) atoms. The normalized spacial score (nSPS) is 13.1. The van der Waals surface area contributed by atoms with Crippen molar-refractivity contribution >= 4 is 5.91 Å². The van der Waals surface area contributed by atoms with E-state index in [-0.39, 0.29) is 13.2 Å². The Bertz CT molecular complexity index is 258. The van der Waals surface area contributed by atoms with Crippen molar-refractivity contribution in [1.82, 2.24) is 4.90 Å². The molecule has 0 aromatic carbocycles. The fourth-order valence-electron chi connectivity index (χ4n) is 0.940. The van der Waals surface area contributed by atoms with Crippen molar-refractivity contribution in [2.45, 2.75) is 20.0 Å². The second-order valence-corrected chi connectivity index (χ2v) is 4.19. The molecule has 0 aliphatic carbocycles.